The summed E-state index contributed by atoms with van der Waals surface area (Å²) in [6, 6.07) is 18.6. The van der Waals surface area contributed by atoms with Crippen molar-refractivity contribution in [3.05, 3.63) is 77.6 Å². The van der Waals surface area contributed by atoms with E-state index in [1.165, 1.54) is 5.56 Å². The van der Waals surface area contributed by atoms with Gasteiger partial charge in [-0.15, -0.1) is 0 Å². The first-order valence-electron chi connectivity index (χ1n) is 10.8. The van der Waals surface area contributed by atoms with Gasteiger partial charge in [-0.05, 0) is 42.9 Å². The van der Waals surface area contributed by atoms with Crippen LogP contribution in [0, 0.1) is 0 Å². The van der Waals surface area contributed by atoms with Crippen molar-refractivity contribution in [3.63, 3.8) is 0 Å². The smallest absolute Gasteiger partial charge is 0.290 e. The lowest BCUT2D eigenvalue weighted by atomic mass is 10.1. The van der Waals surface area contributed by atoms with Crippen molar-refractivity contribution in [3.8, 4) is 17.1 Å². The summed E-state index contributed by atoms with van der Waals surface area (Å²) in [6.45, 7) is 5.26. The summed E-state index contributed by atoms with van der Waals surface area (Å²) in [5.74, 6) is 0.909. The largest absolute Gasteiger partial charge is 0.483 e. The topological polar surface area (TPSA) is 74.5 Å². The van der Waals surface area contributed by atoms with Gasteiger partial charge >= 0.3 is 0 Å². The number of aromatic nitrogens is 3. The Morgan fingerprint density at radius 2 is 1.67 bits per heavy atom. The van der Waals surface area contributed by atoms with Crippen LogP contribution in [0.2, 0.25) is 5.02 Å². The first-order valence-corrected chi connectivity index (χ1v) is 11.1. The van der Waals surface area contributed by atoms with E-state index in [4.69, 9.17) is 26.5 Å². The molecule has 33 heavy (non-hydrogen) atoms. The van der Waals surface area contributed by atoms with E-state index >= 15 is 0 Å². The van der Waals surface area contributed by atoms with Crippen molar-refractivity contribution in [2.24, 2.45) is 0 Å². The van der Waals surface area contributed by atoms with Gasteiger partial charge in [0.15, 0.2) is 0 Å². The first kappa shape index (κ1) is 22.9. The van der Waals surface area contributed by atoms with Crippen molar-refractivity contribution in [2.45, 2.75) is 6.54 Å². The summed E-state index contributed by atoms with van der Waals surface area (Å²) >= 11 is 6.11. The van der Waals surface area contributed by atoms with Gasteiger partial charge in [-0.25, -0.2) is 4.98 Å². The van der Waals surface area contributed by atoms with E-state index in [1.54, 1.807) is 6.20 Å². The Morgan fingerprint density at radius 3 is 2.33 bits per heavy atom. The second kappa shape index (κ2) is 10.6. The fourth-order valence-corrected chi connectivity index (χ4v) is 4.12. The molecule has 0 radical (unpaired) electrons. The van der Waals surface area contributed by atoms with E-state index < -0.39 is 0 Å². The highest BCUT2D eigenvalue weighted by Gasteiger charge is 2.16. The molecule has 2 aromatic heterocycles. The molecule has 1 aliphatic heterocycles. The molecule has 0 saturated carbocycles. The van der Waals surface area contributed by atoms with Crippen LogP contribution in [0.4, 0.5) is 0 Å². The van der Waals surface area contributed by atoms with E-state index in [9.17, 15) is 0 Å². The molecule has 2 aromatic carbocycles. The van der Waals surface area contributed by atoms with E-state index in [1.807, 2.05) is 36.5 Å². The Hall–Kier alpha value is -3.26. The van der Waals surface area contributed by atoms with E-state index in [0.717, 1.165) is 65.9 Å². The average molecular weight is 464 g/mol. The Kier molecular flexibility index (Phi) is 7.34. The molecule has 1 aliphatic rings. The maximum Gasteiger partial charge on any atom is 0.290 e. The maximum atomic E-state index is 8.36. The highest BCUT2D eigenvalue weighted by atomic mass is 35.5. The highest BCUT2D eigenvalue weighted by Crippen LogP contribution is 2.29. The number of piperazine rings is 1. The number of halogens is 1. The summed E-state index contributed by atoms with van der Waals surface area (Å²) in [5.41, 5.74) is 5.35. The molecule has 1 N–H and O–H groups in total. The monoisotopic (exact) mass is 463 g/mol. The van der Waals surface area contributed by atoms with Gasteiger partial charge in [-0.3, -0.25) is 19.2 Å². The molecule has 1 fully saturated rings. The Balaban J connectivity index is 0.000000821. The lowest BCUT2D eigenvalue weighted by Gasteiger charge is -2.32. The van der Waals surface area contributed by atoms with Crippen LogP contribution in [-0.2, 0) is 11.3 Å². The average Bonchev–Trinajstić information content (AvgIpc) is 3.22. The number of carbonyl (C=O) groups is 1. The van der Waals surface area contributed by atoms with Gasteiger partial charge < -0.3 is 10.0 Å². The molecular formula is C25H26ClN5O2. The van der Waals surface area contributed by atoms with Crippen molar-refractivity contribution in [2.75, 3.05) is 33.2 Å². The second-order valence-electron chi connectivity index (χ2n) is 7.99. The van der Waals surface area contributed by atoms with E-state index in [2.05, 4.69) is 50.7 Å². The highest BCUT2D eigenvalue weighted by molar-refractivity contribution is 6.30. The Labute approximate surface area is 197 Å². The third-order valence-corrected chi connectivity index (χ3v) is 6.01. The predicted molar refractivity (Wildman–Crippen MR) is 131 cm³/mol. The first-order chi connectivity index (χ1) is 16.1. The molecule has 1 saturated heterocycles. The minimum absolute atomic E-state index is 0.250. The molecule has 170 valence electrons. The molecule has 5 rings (SSSR count). The lowest BCUT2D eigenvalue weighted by molar-refractivity contribution is -0.122. The standard InChI is InChI=1S/C24H24ClN5.CH2O2/c1-28-12-14-29(15-13-28)17-18-2-4-19(5-3-18)24-27-22-10-11-26-16-23(22)30(24)21-8-6-20(25)7-9-21;2-1-3/h2-11,16H,12-15,17H2,1H3;1H,(H,2,3). The van der Waals surface area contributed by atoms with Crippen LogP contribution in [0.1, 0.15) is 5.56 Å². The third kappa shape index (κ3) is 5.39. The molecule has 0 spiro atoms. The van der Waals surface area contributed by atoms with Crippen LogP contribution < -0.4 is 0 Å². The van der Waals surface area contributed by atoms with Crippen LogP contribution >= 0.6 is 11.6 Å². The van der Waals surface area contributed by atoms with Crippen LogP contribution in [0.5, 0.6) is 0 Å². The second-order valence-corrected chi connectivity index (χ2v) is 8.43. The zero-order chi connectivity index (χ0) is 23.2. The molecule has 0 aliphatic carbocycles. The number of nitrogens with zero attached hydrogens (tertiary/aromatic N) is 5. The number of imidazole rings is 1. The Morgan fingerprint density at radius 1 is 1.00 bits per heavy atom. The number of hydrogen-bond acceptors (Lipinski definition) is 5. The van der Waals surface area contributed by atoms with Gasteiger partial charge in [-0.1, -0.05) is 35.9 Å². The summed E-state index contributed by atoms with van der Waals surface area (Å²) in [5, 5.41) is 7.61. The molecule has 0 amide bonds. The number of pyridine rings is 1. The minimum Gasteiger partial charge on any atom is -0.483 e. The molecular weight excluding hydrogens is 438 g/mol. The van der Waals surface area contributed by atoms with Crippen LogP contribution in [0.25, 0.3) is 28.1 Å². The number of carboxylic acid groups (broad SMARTS) is 1. The molecule has 3 heterocycles. The predicted octanol–water partition coefficient (Wildman–Crippen LogP) is 4.19. The number of benzene rings is 2. The Bertz CT molecular complexity index is 1200. The van der Waals surface area contributed by atoms with E-state index in [-0.39, 0.29) is 6.47 Å². The third-order valence-electron chi connectivity index (χ3n) is 5.76. The van der Waals surface area contributed by atoms with Crippen LogP contribution in [-0.4, -0.2) is 69.1 Å². The molecule has 7 nitrogen and oxygen atoms in total. The van der Waals surface area contributed by atoms with Gasteiger partial charge in [0, 0.05) is 55.2 Å². The summed E-state index contributed by atoms with van der Waals surface area (Å²) in [4.78, 5) is 22.5. The fraction of sp³-hybridized carbons (Fsp3) is 0.240. The number of rotatable bonds is 4. The minimum atomic E-state index is -0.250. The van der Waals surface area contributed by atoms with Gasteiger partial charge in [0.1, 0.15) is 5.82 Å². The van der Waals surface area contributed by atoms with Crippen molar-refractivity contribution in [1.29, 1.82) is 0 Å². The van der Waals surface area contributed by atoms with Gasteiger partial charge in [0.05, 0.1) is 17.2 Å². The zero-order valence-electron chi connectivity index (χ0n) is 18.4. The van der Waals surface area contributed by atoms with Gasteiger partial charge in [-0.2, -0.15) is 0 Å². The SMILES string of the molecule is CN1CCN(Cc2ccc(-c3nc4ccncc4n3-c3ccc(Cl)cc3)cc2)CC1.O=CO. The maximum absolute atomic E-state index is 8.36. The summed E-state index contributed by atoms with van der Waals surface area (Å²) in [6.07, 6.45) is 3.65. The normalized spacial score (nSPS) is 14.6. The van der Waals surface area contributed by atoms with Crippen molar-refractivity contribution < 1.29 is 9.90 Å². The zero-order valence-corrected chi connectivity index (χ0v) is 19.2. The van der Waals surface area contributed by atoms with Crippen LogP contribution in [0.3, 0.4) is 0 Å². The van der Waals surface area contributed by atoms with Gasteiger partial charge in [0.25, 0.3) is 6.47 Å². The van der Waals surface area contributed by atoms with E-state index in [0.29, 0.717) is 0 Å². The molecule has 0 atom stereocenters. The van der Waals surface area contributed by atoms with Crippen molar-refractivity contribution in [1.82, 2.24) is 24.3 Å². The number of likely N-dealkylation sites (N-methyl/N-ethyl adjacent to an activating group) is 1. The molecule has 8 heteroatoms. The fourth-order valence-electron chi connectivity index (χ4n) is 3.99. The molecule has 0 bridgehead atoms. The van der Waals surface area contributed by atoms with Gasteiger partial charge in [0.2, 0.25) is 0 Å². The van der Waals surface area contributed by atoms with Crippen LogP contribution in [0.15, 0.2) is 67.0 Å². The molecule has 4 aromatic rings. The quantitative estimate of drug-likeness (QED) is 0.457. The number of fused-ring (bicyclic) bond motifs is 1. The molecule has 0 unspecified atom stereocenters. The number of hydrogen-bond donors (Lipinski definition) is 1. The lowest BCUT2D eigenvalue weighted by Crippen LogP contribution is -2.43. The van der Waals surface area contributed by atoms with Crippen molar-refractivity contribution >= 4 is 29.1 Å². The summed E-state index contributed by atoms with van der Waals surface area (Å²) in [7, 11) is 2.19. The summed E-state index contributed by atoms with van der Waals surface area (Å²) < 4.78 is 2.15.